The third-order valence-electron chi connectivity index (χ3n) is 1.84. The van der Waals surface area contributed by atoms with Crippen LogP contribution < -0.4 is 0 Å². The minimum absolute atomic E-state index is 0.205. The van der Waals surface area contributed by atoms with Crippen LogP contribution in [0.2, 0.25) is 0 Å². The SMILES string of the molecule is CCCCCCCCOC(=O)C=O. The second-order valence-electron chi connectivity index (χ2n) is 3.05. The molecule has 0 N–H and O–H groups in total. The topological polar surface area (TPSA) is 43.4 Å². The van der Waals surface area contributed by atoms with Crippen LogP contribution in [0.25, 0.3) is 0 Å². The summed E-state index contributed by atoms with van der Waals surface area (Å²) in [5, 5.41) is 0. The molecule has 0 fully saturated rings. The number of hydrogen-bond acceptors (Lipinski definition) is 3. The van der Waals surface area contributed by atoms with Crippen molar-refractivity contribution in [3.05, 3.63) is 0 Å². The Bertz CT molecular complexity index is 143. The molecule has 0 aromatic carbocycles. The van der Waals surface area contributed by atoms with Crippen LogP contribution in [0, 0.1) is 0 Å². The van der Waals surface area contributed by atoms with Crippen LogP contribution in [0.3, 0.4) is 0 Å². The van der Waals surface area contributed by atoms with Crippen molar-refractivity contribution in [1.29, 1.82) is 0 Å². The van der Waals surface area contributed by atoms with Crippen LogP contribution in [-0.4, -0.2) is 18.9 Å². The van der Waals surface area contributed by atoms with E-state index in [1.165, 1.54) is 25.7 Å². The van der Waals surface area contributed by atoms with Gasteiger partial charge in [0.25, 0.3) is 0 Å². The summed E-state index contributed by atoms with van der Waals surface area (Å²) in [6.07, 6.45) is 7.09. The van der Waals surface area contributed by atoms with E-state index in [1.54, 1.807) is 0 Å². The molecule has 0 unspecified atom stereocenters. The van der Waals surface area contributed by atoms with Crippen molar-refractivity contribution in [3.63, 3.8) is 0 Å². The molecule has 0 radical (unpaired) electrons. The molecule has 0 rings (SSSR count). The number of hydrogen-bond donors (Lipinski definition) is 0. The molecule has 13 heavy (non-hydrogen) atoms. The molecule has 0 saturated heterocycles. The van der Waals surface area contributed by atoms with E-state index in [0.717, 1.165) is 12.8 Å². The van der Waals surface area contributed by atoms with Gasteiger partial charge in [0.1, 0.15) is 0 Å². The molecular formula is C10H18O3. The molecule has 3 heteroatoms. The molecule has 0 aromatic heterocycles. The smallest absolute Gasteiger partial charge is 0.371 e. The van der Waals surface area contributed by atoms with Crippen LogP contribution in [0.1, 0.15) is 45.4 Å². The quantitative estimate of drug-likeness (QED) is 0.252. The molecule has 0 saturated carbocycles. The highest BCUT2D eigenvalue weighted by molar-refractivity contribution is 6.20. The van der Waals surface area contributed by atoms with Crippen molar-refractivity contribution < 1.29 is 14.3 Å². The molecule has 0 aliphatic rings. The van der Waals surface area contributed by atoms with Gasteiger partial charge in [-0.2, -0.15) is 0 Å². The highest BCUT2D eigenvalue weighted by atomic mass is 16.5. The van der Waals surface area contributed by atoms with E-state index >= 15 is 0 Å². The zero-order chi connectivity index (χ0) is 9.94. The fourth-order valence-corrected chi connectivity index (χ4v) is 1.09. The van der Waals surface area contributed by atoms with E-state index in [4.69, 9.17) is 0 Å². The first-order valence-electron chi connectivity index (χ1n) is 4.93. The zero-order valence-electron chi connectivity index (χ0n) is 8.25. The van der Waals surface area contributed by atoms with E-state index < -0.39 is 5.97 Å². The molecule has 0 aliphatic carbocycles. The van der Waals surface area contributed by atoms with E-state index in [0.29, 0.717) is 6.61 Å². The molecule has 0 heterocycles. The lowest BCUT2D eigenvalue weighted by molar-refractivity contribution is -0.148. The summed E-state index contributed by atoms with van der Waals surface area (Å²) in [4.78, 5) is 20.2. The molecule has 0 amide bonds. The lowest BCUT2D eigenvalue weighted by Crippen LogP contribution is -2.06. The average Bonchev–Trinajstić information content (AvgIpc) is 2.16. The van der Waals surface area contributed by atoms with Gasteiger partial charge in [-0.05, 0) is 6.42 Å². The van der Waals surface area contributed by atoms with Gasteiger partial charge in [-0.15, -0.1) is 0 Å². The number of aldehydes is 1. The van der Waals surface area contributed by atoms with Crippen LogP contribution in [0.15, 0.2) is 0 Å². The number of unbranched alkanes of at least 4 members (excludes halogenated alkanes) is 5. The molecule has 0 aliphatic heterocycles. The fraction of sp³-hybridized carbons (Fsp3) is 0.800. The summed E-state index contributed by atoms with van der Waals surface area (Å²) in [6.45, 7) is 2.55. The van der Waals surface area contributed by atoms with Crippen molar-refractivity contribution in [2.24, 2.45) is 0 Å². The van der Waals surface area contributed by atoms with Gasteiger partial charge in [0.05, 0.1) is 6.61 Å². The van der Waals surface area contributed by atoms with E-state index in [2.05, 4.69) is 11.7 Å². The average molecular weight is 186 g/mol. The normalized spacial score (nSPS) is 9.62. The van der Waals surface area contributed by atoms with Crippen molar-refractivity contribution in [3.8, 4) is 0 Å². The Labute approximate surface area is 79.5 Å². The predicted octanol–water partition coefficient (Wildman–Crippen LogP) is 2.09. The zero-order valence-corrected chi connectivity index (χ0v) is 8.25. The van der Waals surface area contributed by atoms with Gasteiger partial charge >= 0.3 is 5.97 Å². The van der Waals surface area contributed by atoms with Crippen LogP contribution in [0.4, 0.5) is 0 Å². The summed E-state index contributed by atoms with van der Waals surface area (Å²) in [5.41, 5.74) is 0. The van der Waals surface area contributed by atoms with E-state index in [1.807, 2.05) is 0 Å². The van der Waals surface area contributed by atoms with Gasteiger partial charge in [0.2, 0.25) is 6.29 Å². The lowest BCUT2D eigenvalue weighted by Gasteiger charge is -2.00. The Morgan fingerprint density at radius 3 is 2.38 bits per heavy atom. The van der Waals surface area contributed by atoms with E-state index in [-0.39, 0.29) is 6.29 Å². The maximum Gasteiger partial charge on any atom is 0.371 e. The van der Waals surface area contributed by atoms with E-state index in [9.17, 15) is 9.59 Å². The van der Waals surface area contributed by atoms with Crippen LogP contribution in [-0.2, 0) is 14.3 Å². The predicted molar refractivity (Wildman–Crippen MR) is 50.4 cm³/mol. The van der Waals surface area contributed by atoms with Gasteiger partial charge in [-0.1, -0.05) is 39.0 Å². The molecule has 3 nitrogen and oxygen atoms in total. The van der Waals surface area contributed by atoms with Crippen molar-refractivity contribution in [2.45, 2.75) is 45.4 Å². The van der Waals surface area contributed by atoms with Crippen molar-refractivity contribution in [2.75, 3.05) is 6.61 Å². The highest BCUT2D eigenvalue weighted by Gasteiger charge is 1.97. The lowest BCUT2D eigenvalue weighted by atomic mass is 10.1. The van der Waals surface area contributed by atoms with Gasteiger partial charge in [0.15, 0.2) is 0 Å². The highest BCUT2D eigenvalue weighted by Crippen LogP contribution is 2.04. The Balaban J connectivity index is 2.99. The first-order chi connectivity index (χ1) is 6.31. The second-order valence-corrected chi connectivity index (χ2v) is 3.05. The Morgan fingerprint density at radius 1 is 1.15 bits per heavy atom. The maximum atomic E-state index is 10.4. The van der Waals surface area contributed by atoms with Crippen LogP contribution in [0.5, 0.6) is 0 Å². The summed E-state index contributed by atoms with van der Waals surface area (Å²) >= 11 is 0. The number of ether oxygens (including phenoxy) is 1. The number of carbonyl (C=O) groups is 2. The summed E-state index contributed by atoms with van der Waals surface area (Å²) < 4.78 is 4.59. The molecule has 76 valence electrons. The summed E-state index contributed by atoms with van der Waals surface area (Å²) in [6, 6.07) is 0. The van der Waals surface area contributed by atoms with Gasteiger partial charge in [-0.3, -0.25) is 4.79 Å². The van der Waals surface area contributed by atoms with Gasteiger partial charge < -0.3 is 4.74 Å². The fourth-order valence-electron chi connectivity index (χ4n) is 1.09. The summed E-state index contributed by atoms with van der Waals surface area (Å²) in [5.74, 6) is -0.756. The minimum atomic E-state index is -0.756. The third-order valence-corrected chi connectivity index (χ3v) is 1.84. The third kappa shape index (κ3) is 9.05. The largest absolute Gasteiger partial charge is 0.460 e. The van der Waals surface area contributed by atoms with Crippen LogP contribution >= 0.6 is 0 Å². The maximum absolute atomic E-state index is 10.4. The Kier molecular flexibility index (Phi) is 8.62. The number of esters is 1. The molecular weight excluding hydrogens is 168 g/mol. The minimum Gasteiger partial charge on any atom is -0.460 e. The van der Waals surface area contributed by atoms with Gasteiger partial charge in [0, 0.05) is 0 Å². The first kappa shape index (κ1) is 12.1. The number of rotatable bonds is 8. The molecule has 0 atom stereocenters. The Morgan fingerprint density at radius 2 is 1.77 bits per heavy atom. The second kappa shape index (κ2) is 9.23. The number of carbonyl (C=O) groups excluding carboxylic acids is 2. The monoisotopic (exact) mass is 186 g/mol. The first-order valence-corrected chi connectivity index (χ1v) is 4.93. The van der Waals surface area contributed by atoms with Crippen molar-refractivity contribution >= 4 is 12.3 Å². The van der Waals surface area contributed by atoms with Gasteiger partial charge in [-0.25, -0.2) is 4.79 Å². The summed E-state index contributed by atoms with van der Waals surface area (Å²) in [7, 11) is 0. The van der Waals surface area contributed by atoms with Crippen molar-refractivity contribution in [1.82, 2.24) is 0 Å². The standard InChI is InChI=1S/C10H18O3/c1-2-3-4-5-6-7-8-13-10(12)9-11/h9H,2-8H2,1H3. The molecule has 0 spiro atoms. The molecule has 0 bridgehead atoms. The molecule has 0 aromatic rings. The Hall–Kier alpha value is -0.860.